The van der Waals surface area contributed by atoms with Crippen molar-refractivity contribution in [2.75, 3.05) is 13.2 Å². The van der Waals surface area contributed by atoms with Gasteiger partial charge in [0.1, 0.15) is 76.2 Å². The minimum Gasteiger partial charge on any atom is -0.508 e. The zero-order valence-corrected chi connectivity index (χ0v) is 19.9. The quantitative estimate of drug-likeness (QED) is 0.119. The van der Waals surface area contributed by atoms with E-state index in [-0.39, 0.29) is 34.3 Å². The van der Waals surface area contributed by atoms with E-state index in [2.05, 4.69) is 0 Å². The summed E-state index contributed by atoms with van der Waals surface area (Å²) in [5.74, 6) is -2.15. The number of fused-ring (bicyclic) bond motifs is 2. The number of benzene rings is 2. The molecule has 5 rings (SSSR count). The van der Waals surface area contributed by atoms with E-state index in [0.29, 0.717) is 0 Å². The Morgan fingerprint density at radius 2 is 1.54 bits per heavy atom. The number of aromatic hydroxyl groups is 3. The molecule has 2 aliphatic rings. The van der Waals surface area contributed by atoms with Crippen LogP contribution in [0, 0.1) is 0 Å². The van der Waals surface area contributed by atoms with Crippen LogP contribution in [0.4, 0.5) is 0 Å². The number of phenolic OH excluding ortho intramolecular Hbond substituents is 3. The SMILES string of the molecule is O=c1c2c(O[C@H]3O[C@@H](CO[C@@H]4OC[C@H](O)[C@H](O)[C@H]4O)[C@H](O)[C@H](O)[C@@H]3O)cc(O)cc2oc2ccc(O)c(O)c12. The van der Waals surface area contributed by atoms with Gasteiger partial charge in [-0.15, -0.1) is 0 Å². The monoisotopic (exact) mass is 554 g/mol. The van der Waals surface area contributed by atoms with Gasteiger partial charge in [0, 0.05) is 12.1 Å². The Hall–Kier alpha value is -3.25. The van der Waals surface area contributed by atoms with Crippen molar-refractivity contribution in [2.24, 2.45) is 0 Å². The molecule has 0 bridgehead atoms. The van der Waals surface area contributed by atoms with Gasteiger partial charge >= 0.3 is 0 Å². The Morgan fingerprint density at radius 1 is 0.821 bits per heavy atom. The molecule has 9 atom stereocenters. The Kier molecular flexibility index (Phi) is 7.27. The standard InChI is InChI=1S/C24H26O15/c25-7-3-11-14(19(31)15-10(37-11)2-1-8(26)16(15)28)12(4-7)38-24-22(34)20(32)18(30)13(39-24)6-36-23-21(33)17(29)9(27)5-35-23/h1-4,9,13,17-18,20-30,32-34H,5-6H2/t9-,13-,17-,18-,20-,21+,22-,23-,24-/m0/s1. The van der Waals surface area contributed by atoms with Gasteiger partial charge in [-0.3, -0.25) is 4.79 Å². The van der Waals surface area contributed by atoms with E-state index in [1.54, 1.807) is 0 Å². The molecule has 2 aliphatic heterocycles. The maximum atomic E-state index is 13.3. The maximum Gasteiger partial charge on any atom is 0.229 e. The molecule has 0 saturated carbocycles. The van der Waals surface area contributed by atoms with E-state index >= 15 is 0 Å². The third-order valence-corrected chi connectivity index (χ3v) is 6.63. The fourth-order valence-corrected chi connectivity index (χ4v) is 4.48. The van der Waals surface area contributed by atoms with Crippen LogP contribution in [0.15, 0.2) is 33.5 Å². The molecule has 0 unspecified atom stereocenters. The normalized spacial score (nSPS) is 33.4. The zero-order chi connectivity index (χ0) is 28.2. The Morgan fingerprint density at radius 3 is 2.28 bits per heavy atom. The largest absolute Gasteiger partial charge is 0.508 e. The first-order valence-corrected chi connectivity index (χ1v) is 11.8. The van der Waals surface area contributed by atoms with Gasteiger partial charge in [-0.25, -0.2) is 0 Å². The minimum absolute atomic E-state index is 0.103. The average molecular weight is 554 g/mol. The van der Waals surface area contributed by atoms with Crippen LogP contribution >= 0.6 is 0 Å². The van der Waals surface area contributed by atoms with E-state index < -0.39 is 84.6 Å². The summed E-state index contributed by atoms with van der Waals surface area (Å²) in [5, 5.41) is 90.2. The summed E-state index contributed by atoms with van der Waals surface area (Å²) in [6.45, 7) is -0.894. The van der Waals surface area contributed by atoms with Crippen LogP contribution in [0.3, 0.4) is 0 Å². The van der Waals surface area contributed by atoms with Gasteiger partial charge in [0.25, 0.3) is 0 Å². The number of aliphatic hydroxyl groups is 6. The summed E-state index contributed by atoms with van der Waals surface area (Å²) < 4.78 is 27.3. The predicted octanol–water partition coefficient (Wildman–Crippen LogP) is -2.29. The first kappa shape index (κ1) is 27.3. The second-order valence-corrected chi connectivity index (χ2v) is 9.27. The minimum atomic E-state index is -1.87. The Labute approximate surface area is 217 Å². The highest BCUT2D eigenvalue weighted by atomic mass is 16.7. The molecular weight excluding hydrogens is 528 g/mol. The first-order chi connectivity index (χ1) is 18.5. The van der Waals surface area contributed by atoms with E-state index in [0.717, 1.165) is 18.2 Å². The summed E-state index contributed by atoms with van der Waals surface area (Å²) >= 11 is 0. The molecule has 15 nitrogen and oxygen atoms in total. The highest BCUT2D eigenvalue weighted by molar-refractivity contribution is 5.97. The number of rotatable bonds is 5. The summed E-state index contributed by atoms with van der Waals surface area (Å²) in [6, 6.07) is 4.43. The van der Waals surface area contributed by atoms with Gasteiger partial charge in [-0.05, 0) is 12.1 Å². The van der Waals surface area contributed by atoms with Crippen LogP contribution in [0.5, 0.6) is 23.0 Å². The van der Waals surface area contributed by atoms with Crippen molar-refractivity contribution < 1.29 is 69.3 Å². The van der Waals surface area contributed by atoms with Crippen molar-refractivity contribution in [1.29, 1.82) is 0 Å². The Balaban J connectivity index is 1.43. The maximum absolute atomic E-state index is 13.3. The molecule has 2 fully saturated rings. The molecule has 2 aromatic carbocycles. The lowest BCUT2D eigenvalue weighted by Crippen LogP contribution is -2.61. The zero-order valence-electron chi connectivity index (χ0n) is 19.9. The van der Waals surface area contributed by atoms with Crippen LogP contribution in [-0.4, -0.2) is 114 Å². The van der Waals surface area contributed by atoms with Crippen molar-refractivity contribution in [1.82, 2.24) is 0 Å². The van der Waals surface area contributed by atoms with Crippen molar-refractivity contribution in [3.63, 3.8) is 0 Å². The van der Waals surface area contributed by atoms with E-state index in [4.69, 9.17) is 23.4 Å². The molecule has 212 valence electrons. The molecule has 39 heavy (non-hydrogen) atoms. The molecule has 9 N–H and O–H groups in total. The number of aliphatic hydroxyl groups excluding tert-OH is 6. The number of ether oxygens (including phenoxy) is 4. The molecule has 0 amide bonds. The Bertz CT molecular complexity index is 1420. The van der Waals surface area contributed by atoms with E-state index in [9.17, 15) is 50.8 Å². The van der Waals surface area contributed by atoms with Crippen LogP contribution in [0.25, 0.3) is 21.9 Å². The molecule has 3 heterocycles. The highest BCUT2D eigenvalue weighted by Gasteiger charge is 2.46. The second-order valence-electron chi connectivity index (χ2n) is 9.27. The molecular formula is C24H26O15. The van der Waals surface area contributed by atoms with Crippen molar-refractivity contribution in [3.05, 3.63) is 34.5 Å². The van der Waals surface area contributed by atoms with Crippen LogP contribution in [-0.2, 0) is 14.2 Å². The molecule has 1 aromatic heterocycles. The second kappa shape index (κ2) is 10.4. The molecule has 3 aromatic rings. The van der Waals surface area contributed by atoms with Crippen LogP contribution in [0.1, 0.15) is 0 Å². The fourth-order valence-electron chi connectivity index (χ4n) is 4.48. The number of phenols is 3. The summed E-state index contributed by atoms with van der Waals surface area (Å²) in [6.07, 6.45) is -14.5. The van der Waals surface area contributed by atoms with Gasteiger partial charge in [0.05, 0.1) is 13.2 Å². The third kappa shape index (κ3) is 4.84. The highest BCUT2D eigenvalue weighted by Crippen LogP contribution is 2.37. The number of hydrogen-bond donors (Lipinski definition) is 9. The van der Waals surface area contributed by atoms with Gasteiger partial charge in [0.2, 0.25) is 11.7 Å². The topological polar surface area (TPSA) is 249 Å². The number of hydrogen-bond acceptors (Lipinski definition) is 15. The van der Waals surface area contributed by atoms with Gasteiger partial charge in [-0.2, -0.15) is 0 Å². The molecule has 0 spiro atoms. The first-order valence-electron chi connectivity index (χ1n) is 11.8. The van der Waals surface area contributed by atoms with Gasteiger partial charge in [-0.1, -0.05) is 0 Å². The molecule has 0 aliphatic carbocycles. The summed E-state index contributed by atoms with van der Waals surface area (Å²) in [5.41, 5.74) is -1.14. The van der Waals surface area contributed by atoms with E-state index in [1.807, 2.05) is 0 Å². The molecule has 2 saturated heterocycles. The summed E-state index contributed by atoms with van der Waals surface area (Å²) in [4.78, 5) is 13.3. The lowest BCUT2D eigenvalue weighted by Gasteiger charge is -2.41. The molecule has 0 radical (unpaired) electrons. The van der Waals surface area contributed by atoms with Gasteiger partial charge in [0.15, 0.2) is 17.8 Å². The lowest BCUT2D eigenvalue weighted by molar-refractivity contribution is -0.307. The predicted molar refractivity (Wildman–Crippen MR) is 126 cm³/mol. The van der Waals surface area contributed by atoms with Crippen molar-refractivity contribution in [3.8, 4) is 23.0 Å². The lowest BCUT2D eigenvalue weighted by atomic mass is 9.99. The van der Waals surface area contributed by atoms with Crippen LogP contribution < -0.4 is 10.2 Å². The average Bonchev–Trinajstić information content (AvgIpc) is 2.89. The summed E-state index contributed by atoms with van der Waals surface area (Å²) in [7, 11) is 0. The van der Waals surface area contributed by atoms with Gasteiger partial charge < -0.3 is 69.3 Å². The fraction of sp³-hybridized carbons (Fsp3) is 0.458. The third-order valence-electron chi connectivity index (χ3n) is 6.63. The smallest absolute Gasteiger partial charge is 0.229 e. The van der Waals surface area contributed by atoms with Crippen molar-refractivity contribution in [2.45, 2.75) is 55.3 Å². The van der Waals surface area contributed by atoms with Crippen molar-refractivity contribution >= 4 is 21.9 Å². The van der Waals surface area contributed by atoms with Crippen LogP contribution in [0.2, 0.25) is 0 Å². The van der Waals surface area contributed by atoms with E-state index in [1.165, 1.54) is 6.07 Å². The molecule has 15 heteroatoms.